The van der Waals surface area contributed by atoms with Crippen LogP contribution in [0.5, 0.6) is 0 Å². The van der Waals surface area contributed by atoms with Crippen molar-refractivity contribution >= 4 is 35.8 Å². The number of amides is 1. The second kappa shape index (κ2) is 13.7. The summed E-state index contributed by atoms with van der Waals surface area (Å²) in [6.45, 7) is 4.49. The first-order chi connectivity index (χ1) is 13.1. The first-order valence-electron chi connectivity index (χ1n) is 9.58. The normalized spacial score (nSPS) is 15.6. The lowest BCUT2D eigenvalue weighted by atomic mass is 10.0. The van der Waals surface area contributed by atoms with Crippen LogP contribution in [0.15, 0.2) is 35.3 Å². The van der Waals surface area contributed by atoms with Crippen molar-refractivity contribution in [3.05, 3.63) is 35.9 Å². The molecule has 0 unspecified atom stereocenters. The summed E-state index contributed by atoms with van der Waals surface area (Å²) >= 11 is 0. The van der Waals surface area contributed by atoms with Crippen molar-refractivity contribution < 1.29 is 9.53 Å². The molecule has 0 spiro atoms. The molecular weight excluding hydrogens is 469 g/mol. The Morgan fingerprint density at radius 1 is 1.25 bits per heavy atom. The molecule has 8 heteroatoms. The molecular formula is C20H34IN5O2. The van der Waals surface area contributed by atoms with Crippen molar-refractivity contribution in [2.45, 2.75) is 25.4 Å². The van der Waals surface area contributed by atoms with Crippen LogP contribution < -0.4 is 10.6 Å². The lowest BCUT2D eigenvalue weighted by molar-refractivity contribution is -0.127. The number of likely N-dealkylation sites (tertiary alicyclic amines) is 1. The second-order valence-electron chi connectivity index (χ2n) is 7.05. The molecule has 0 bridgehead atoms. The van der Waals surface area contributed by atoms with Gasteiger partial charge >= 0.3 is 0 Å². The number of piperidine rings is 1. The van der Waals surface area contributed by atoms with E-state index in [9.17, 15) is 4.79 Å². The van der Waals surface area contributed by atoms with Gasteiger partial charge in [0.05, 0.1) is 6.61 Å². The van der Waals surface area contributed by atoms with Crippen molar-refractivity contribution in [3.63, 3.8) is 0 Å². The third-order valence-electron chi connectivity index (χ3n) is 4.65. The van der Waals surface area contributed by atoms with Gasteiger partial charge in [-0.05, 0) is 18.4 Å². The summed E-state index contributed by atoms with van der Waals surface area (Å²) in [6.07, 6.45) is 2.11. The highest BCUT2D eigenvalue weighted by Gasteiger charge is 2.20. The van der Waals surface area contributed by atoms with E-state index in [1.165, 1.54) is 5.56 Å². The van der Waals surface area contributed by atoms with Crippen LogP contribution in [0, 0.1) is 0 Å². The van der Waals surface area contributed by atoms with Crippen LogP contribution in [0.2, 0.25) is 0 Å². The van der Waals surface area contributed by atoms with Gasteiger partial charge in [-0.1, -0.05) is 30.3 Å². The average molecular weight is 503 g/mol. The number of carbonyl (C=O) groups excluding carboxylic acids is 1. The van der Waals surface area contributed by atoms with E-state index in [2.05, 4.69) is 50.9 Å². The van der Waals surface area contributed by atoms with Gasteiger partial charge in [0, 0.05) is 53.4 Å². The number of likely N-dealkylation sites (N-methyl/N-ethyl adjacent to an activating group) is 1. The summed E-state index contributed by atoms with van der Waals surface area (Å²) in [5.41, 5.74) is 1.36. The number of methoxy groups -OCH3 is 1. The summed E-state index contributed by atoms with van der Waals surface area (Å²) < 4.78 is 5.09. The van der Waals surface area contributed by atoms with Crippen LogP contribution in [0.4, 0.5) is 0 Å². The molecule has 158 valence electrons. The van der Waals surface area contributed by atoms with E-state index >= 15 is 0 Å². The monoisotopic (exact) mass is 503 g/mol. The van der Waals surface area contributed by atoms with Crippen molar-refractivity contribution in [2.24, 2.45) is 4.99 Å². The number of aliphatic imine (C=N–C) groups is 1. The van der Waals surface area contributed by atoms with Crippen LogP contribution in [0.3, 0.4) is 0 Å². The summed E-state index contributed by atoms with van der Waals surface area (Å²) in [6, 6.07) is 11.0. The van der Waals surface area contributed by atoms with E-state index in [0.717, 1.165) is 32.5 Å². The fourth-order valence-corrected chi connectivity index (χ4v) is 2.98. The smallest absolute Gasteiger partial charge is 0.243 e. The second-order valence-corrected chi connectivity index (χ2v) is 7.05. The Balaban J connectivity index is 0.00000392. The standard InChI is InChI=1S/C20H33N5O2.HI/c1-24(2)19(26)15-22-20(21-11-14-27-3)23-18-9-12-25(13-10-18)16-17-7-5-4-6-8-17;/h4-8,18H,9-16H2,1-3H3,(H2,21,22,23);1H. The lowest BCUT2D eigenvalue weighted by Crippen LogP contribution is -2.49. The molecule has 0 saturated carbocycles. The lowest BCUT2D eigenvalue weighted by Gasteiger charge is -2.33. The largest absolute Gasteiger partial charge is 0.383 e. The van der Waals surface area contributed by atoms with Crippen LogP contribution in [0.25, 0.3) is 0 Å². The highest BCUT2D eigenvalue weighted by molar-refractivity contribution is 14.0. The maximum atomic E-state index is 11.8. The number of hydrogen-bond acceptors (Lipinski definition) is 4. The van der Waals surface area contributed by atoms with Gasteiger partial charge in [-0.2, -0.15) is 0 Å². The van der Waals surface area contributed by atoms with Crippen LogP contribution in [-0.4, -0.2) is 81.7 Å². The molecule has 28 heavy (non-hydrogen) atoms. The van der Waals surface area contributed by atoms with Gasteiger partial charge in [-0.25, -0.2) is 4.99 Å². The number of halogens is 1. The fourth-order valence-electron chi connectivity index (χ4n) is 2.98. The average Bonchev–Trinajstić information content (AvgIpc) is 2.68. The van der Waals surface area contributed by atoms with E-state index in [0.29, 0.717) is 25.2 Å². The first-order valence-corrected chi connectivity index (χ1v) is 9.58. The van der Waals surface area contributed by atoms with Gasteiger partial charge in [-0.3, -0.25) is 9.69 Å². The molecule has 1 amide bonds. The molecule has 0 radical (unpaired) electrons. The number of rotatable bonds is 8. The van der Waals surface area contributed by atoms with E-state index < -0.39 is 0 Å². The first kappa shape index (κ1) is 24.6. The Labute approximate surface area is 185 Å². The predicted molar refractivity (Wildman–Crippen MR) is 124 cm³/mol. The number of carbonyl (C=O) groups is 1. The molecule has 1 aromatic rings. The molecule has 1 aliphatic heterocycles. The quantitative estimate of drug-likeness (QED) is 0.244. The van der Waals surface area contributed by atoms with Gasteiger partial charge in [0.2, 0.25) is 5.91 Å². The van der Waals surface area contributed by atoms with Crippen molar-refractivity contribution in [2.75, 3.05) is 54.0 Å². The Hall–Kier alpha value is -1.39. The van der Waals surface area contributed by atoms with Crippen molar-refractivity contribution in [1.82, 2.24) is 20.4 Å². The van der Waals surface area contributed by atoms with Gasteiger partial charge in [0.25, 0.3) is 0 Å². The molecule has 1 aromatic carbocycles. The molecule has 1 aliphatic rings. The molecule has 0 aromatic heterocycles. The number of guanidine groups is 1. The molecule has 2 rings (SSSR count). The molecule has 1 fully saturated rings. The minimum Gasteiger partial charge on any atom is -0.383 e. The number of benzene rings is 1. The molecule has 1 heterocycles. The topological polar surface area (TPSA) is 69.2 Å². The molecule has 0 atom stereocenters. The summed E-state index contributed by atoms with van der Waals surface area (Å²) in [5.74, 6) is 0.671. The summed E-state index contributed by atoms with van der Waals surface area (Å²) in [7, 11) is 5.15. The van der Waals surface area contributed by atoms with E-state index in [-0.39, 0.29) is 36.4 Å². The zero-order valence-electron chi connectivity index (χ0n) is 17.2. The minimum atomic E-state index is -0.0134. The fraction of sp³-hybridized carbons (Fsp3) is 0.600. The highest BCUT2D eigenvalue weighted by atomic mass is 127. The van der Waals surface area contributed by atoms with Gasteiger partial charge in [0.15, 0.2) is 5.96 Å². The van der Waals surface area contributed by atoms with Crippen molar-refractivity contribution in [1.29, 1.82) is 0 Å². The predicted octanol–water partition coefficient (Wildman–Crippen LogP) is 1.54. The molecule has 2 N–H and O–H groups in total. The number of nitrogens with zero attached hydrogens (tertiary/aromatic N) is 3. The van der Waals surface area contributed by atoms with Crippen LogP contribution >= 0.6 is 24.0 Å². The number of hydrogen-bond donors (Lipinski definition) is 2. The van der Waals surface area contributed by atoms with Gasteiger partial charge in [-0.15, -0.1) is 24.0 Å². The maximum Gasteiger partial charge on any atom is 0.243 e. The Bertz CT molecular complexity index is 590. The highest BCUT2D eigenvalue weighted by Crippen LogP contribution is 2.13. The summed E-state index contributed by atoms with van der Waals surface area (Å²) in [5, 5.41) is 6.72. The third-order valence-corrected chi connectivity index (χ3v) is 4.65. The van der Waals surface area contributed by atoms with Gasteiger partial charge < -0.3 is 20.3 Å². The van der Waals surface area contributed by atoms with Gasteiger partial charge in [0.1, 0.15) is 6.54 Å². The zero-order valence-corrected chi connectivity index (χ0v) is 19.5. The maximum absolute atomic E-state index is 11.8. The van der Waals surface area contributed by atoms with E-state index in [1.54, 1.807) is 26.1 Å². The van der Waals surface area contributed by atoms with E-state index in [1.807, 2.05) is 0 Å². The summed E-state index contributed by atoms with van der Waals surface area (Å²) in [4.78, 5) is 20.3. The Morgan fingerprint density at radius 3 is 2.54 bits per heavy atom. The molecule has 1 saturated heterocycles. The molecule has 7 nitrogen and oxygen atoms in total. The zero-order chi connectivity index (χ0) is 19.5. The molecule has 0 aliphatic carbocycles. The minimum absolute atomic E-state index is 0. The van der Waals surface area contributed by atoms with E-state index in [4.69, 9.17) is 4.74 Å². The van der Waals surface area contributed by atoms with Crippen LogP contribution in [0.1, 0.15) is 18.4 Å². The third kappa shape index (κ3) is 9.20. The van der Waals surface area contributed by atoms with Crippen LogP contribution in [-0.2, 0) is 16.1 Å². The van der Waals surface area contributed by atoms with Crippen molar-refractivity contribution in [3.8, 4) is 0 Å². The number of nitrogens with one attached hydrogen (secondary N) is 2. The number of ether oxygens (including phenoxy) is 1. The Kier molecular flexibility index (Phi) is 12.1. The Morgan fingerprint density at radius 2 is 1.93 bits per heavy atom. The SMILES string of the molecule is COCCNC(=NCC(=O)N(C)C)NC1CCN(Cc2ccccc2)CC1.I.